The molecule has 134 valence electrons. The molecule has 26 heavy (non-hydrogen) atoms. The summed E-state index contributed by atoms with van der Waals surface area (Å²) in [6.45, 7) is -11.6. The number of rotatable bonds is 5. The molecule has 0 radical (unpaired) electrons. The Morgan fingerprint density at radius 1 is 1.23 bits per heavy atom. The molecule has 0 amide bonds. The molecule has 1 fully saturated rings. The number of carbonyl (C=O) groups excluding carboxylic acids is 1. The summed E-state index contributed by atoms with van der Waals surface area (Å²) in [6, 6.07) is 3.53. The molecule has 0 saturated carbocycles. The molecule has 0 atom stereocenters. The second-order valence-electron chi connectivity index (χ2n) is 5.67. The Balaban J connectivity index is 1.58. The number of pyridine rings is 2. The lowest BCUT2D eigenvalue weighted by Gasteiger charge is -2.25. The number of ketones is 1. The minimum Gasteiger partial charge on any atom is -0.379 e. The quantitative estimate of drug-likeness (QED) is 0.682. The first-order valence-corrected chi connectivity index (χ1v) is 8.63. The van der Waals surface area contributed by atoms with Crippen LogP contribution in [0.25, 0.3) is 21.3 Å². The number of ether oxygens (including phenoxy) is 1. The maximum absolute atomic E-state index is 12.8. The molecular weight excluding hydrogens is 348 g/mol. The molecule has 3 aromatic heterocycles. The maximum atomic E-state index is 12.8. The molecule has 4 heterocycles. The Bertz CT molecular complexity index is 1240. The smallest absolute Gasteiger partial charge is 0.152 e. The SMILES string of the molecule is [2H]C1([2H])OC([2H])([2H])C([2H])([2H])N(CC(=O)Cc2cc3cc(-c4cnc(C)s4)cnc3cn2)C1([2H])[2H]. The van der Waals surface area contributed by atoms with E-state index in [4.69, 9.17) is 11.0 Å². The fourth-order valence-electron chi connectivity index (χ4n) is 2.53. The van der Waals surface area contributed by atoms with Gasteiger partial charge in [0.2, 0.25) is 0 Å². The number of carbonyl (C=O) groups is 1. The Morgan fingerprint density at radius 3 is 2.85 bits per heavy atom. The van der Waals surface area contributed by atoms with E-state index in [-0.39, 0.29) is 11.3 Å². The Hall–Kier alpha value is -2.22. The first kappa shape index (κ1) is 10.2. The highest BCUT2D eigenvalue weighted by Crippen LogP contribution is 2.27. The van der Waals surface area contributed by atoms with Crippen LogP contribution in [0, 0.1) is 6.92 Å². The summed E-state index contributed by atoms with van der Waals surface area (Å²) < 4.78 is 67.4. The first-order chi connectivity index (χ1) is 15.6. The number of morpholine rings is 1. The van der Waals surface area contributed by atoms with Crippen LogP contribution in [-0.2, 0) is 16.0 Å². The van der Waals surface area contributed by atoms with Gasteiger partial charge in [-0.3, -0.25) is 19.7 Å². The second-order valence-corrected chi connectivity index (χ2v) is 6.90. The number of fused-ring (bicyclic) bond motifs is 1. The van der Waals surface area contributed by atoms with Gasteiger partial charge >= 0.3 is 0 Å². The molecule has 1 aliphatic heterocycles. The molecular formula is C19H20N4O2S. The third-order valence-electron chi connectivity index (χ3n) is 3.71. The van der Waals surface area contributed by atoms with Crippen molar-refractivity contribution in [1.82, 2.24) is 19.9 Å². The summed E-state index contributed by atoms with van der Waals surface area (Å²) in [7, 11) is 0. The standard InChI is InChI=1S/C19H20N4O2S/c1-13-20-11-19(26-13)15-6-14-7-16(21-10-18(14)22-9-15)8-17(24)12-23-2-4-25-5-3-23/h6-7,9-11H,2-5,8,12H2,1H3/i2D2,3D2,4D2,5D2. The highest BCUT2D eigenvalue weighted by molar-refractivity contribution is 7.15. The van der Waals surface area contributed by atoms with Gasteiger partial charge in [-0.1, -0.05) is 0 Å². The van der Waals surface area contributed by atoms with Crippen LogP contribution in [0.5, 0.6) is 0 Å². The summed E-state index contributed by atoms with van der Waals surface area (Å²) in [5, 5.41) is 1.62. The Kier molecular flexibility index (Phi) is 2.97. The van der Waals surface area contributed by atoms with Crippen molar-refractivity contribution < 1.29 is 20.5 Å². The van der Waals surface area contributed by atoms with E-state index in [2.05, 4.69) is 19.7 Å². The zero-order chi connectivity index (χ0) is 25.1. The summed E-state index contributed by atoms with van der Waals surface area (Å²) in [5.41, 5.74) is 1.78. The normalized spacial score (nSPS) is 27.7. The minimum absolute atomic E-state index is 0.235. The molecule has 1 saturated heterocycles. The van der Waals surface area contributed by atoms with Gasteiger partial charge in [0.15, 0.2) is 5.78 Å². The number of aromatic nitrogens is 3. The van der Waals surface area contributed by atoms with E-state index in [1.807, 2.05) is 13.0 Å². The molecule has 0 aromatic carbocycles. The predicted molar refractivity (Wildman–Crippen MR) is 101 cm³/mol. The third-order valence-corrected chi connectivity index (χ3v) is 4.67. The highest BCUT2D eigenvalue weighted by atomic mass is 32.1. The number of aryl methyl sites for hydroxylation is 1. The van der Waals surface area contributed by atoms with E-state index in [1.54, 1.807) is 18.5 Å². The van der Waals surface area contributed by atoms with Gasteiger partial charge in [0.05, 0.1) is 53.2 Å². The van der Waals surface area contributed by atoms with E-state index in [0.717, 1.165) is 15.4 Å². The van der Waals surface area contributed by atoms with Crippen molar-refractivity contribution in [2.24, 2.45) is 0 Å². The van der Waals surface area contributed by atoms with Crippen molar-refractivity contribution in [2.75, 3.05) is 32.7 Å². The number of hydrogen-bond acceptors (Lipinski definition) is 7. The molecule has 0 aliphatic carbocycles. The molecule has 6 nitrogen and oxygen atoms in total. The average Bonchev–Trinajstić information content (AvgIpc) is 3.16. The molecule has 1 aliphatic rings. The van der Waals surface area contributed by atoms with Gasteiger partial charge in [-0.25, -0.2) is 4.98 Å². The summed E-state index contributed by atoms with van der Waals surface area (Å²) in [5.74, 6) is -0.671. The number of nitrogens with zero attached hydrogens (tertiary/aromatic N) is 4. The van der Waals surface area contributed by atoms with Crippen LogP contribution in [0.3, 0.4) is 0 Å². The van der Waals surface area contributed by atoms with Crippen molar-refractivity contribution in [3.8, 4) is 10.4 Å². The van der Waals surface area contributed by atoms with Crippen LogP contribution in [-0.4, -0.2) is 58.3 Å². The largest absolute Gasteiger partial charge is 0.379 e. The van der Waals surface area contributed by atoms with Crippen molar-refractivity contribution in [1.29, 1.82) is 0 Å². The van der Waals surface area contributed by atoms with E-state index in [0.29, 0.717) is 16.6 Å². The minimum atomic E-state index is -3.19. The highest BCUT2D eigenvalue weighted by Gasteiger charge is 2.15. The van der Waals surface area contributed by atoms with Gasteiger partial charge < -0.3 is 4.74 Å². The van der Waals surface area contributed by atoms with Gasteiger partial charge in [-0.2, -0.15) is 0 Å². The molecule has 7 heteroatoms. The van der Waals surface area contributed by atoms with E-state index in [1.165, 1.54) is 17.5 Å². The zero-order valence-corrected chi connectivity index (χ0v) is 14.6. The Labute approximate surface area is 167 Å². The summed E-state index contributed by atoms with van der Waals surface area (Å²) >= 11 is 1.51. The van der Waals surface area contributed by atoms with Crippen molar-refractivity contribution >= 4 is 28.0 Å². The summed E-state index contributed by atoms with van der Waals surface area (Å²) in [6.07, 6.45) is 4.64. The molecule has 3 aromatic rings. The topological polar surface area (TPSA) is 68.2 Å². The fourth-order valence-corrected chi connectivity index (χ4v) is 3.28. The maximum Gasteiger partial charge on any atom is 0.152 e. The van der Waals surface area contributed by atoms with Gasteiger partial charge in [0, 0.05) is 47.5 Å². The van der Waals surface area contributed by atoms with Crippen LogP contribution in [0.15, 0.2) is 30.7 Å². The van der Waals surface area contributed by atoms with Gasteiger partial charge in [0.25, 0.3) is 0 Å². The van der Waals surface area contributed by atoms with Crippen molar-refractivity contribution in [3.63, 3.8) is 0 Å². The van der Waals surface area contributed by atoms with E-state index >= 15 is 0 Å². The molecule has 0 spiro atoms. The first-order valence-electron chi connectivity index (χ1n) is 11.8. The molecule has 0 unspecified atom stereocenters. The molecule has 0 bridgehead atoms. The molecule has 4 rings (SSSR count). The van der Waals surface area contributed by atoms with Crippen molar-refractivity contribution in [3.05, 3.63) is 41.4 Å². The van der Waals surface area contributed by atoms with Crippen LogP contribution < -0.4 is 0 Å². The number of hydrogen-bond donors (Lipinski definition) is 0. The van der Waals surface area contributed by atoms with E-state index < -0.39 is 38.4 Å². The third kappa shape index (κ3) is 3.95. The van der Waals surface area contributed by atoms with E-state index in [9.17, 15) is 4.79 Å². The fraction of sp³-hybridized carbons (Fsp3) is 0.368. The zero-order valence-electron chi connectivity index (χ0n) is 21.8. The number of thiazole rings is 1. The van der Waals surface area contributed by atoms with Crippen LogP contribution in [0.4, 0.5) is 0 Å². The van der Waals surface area contributed by atoms with Gasteiger partial charge in [-0.05, 0) is 19.1 Å². The van der Waals surface area contributed by atoms with Crippen LogP contribution in [0.1, 0.15) is 21.7 Å². The van der Waals surface area contributed by atoms with Gasteiger partial charge in [-0.15, -0.1) is 11.3 Å². The molecule has 0 N–H and O–H groups in total. The lowest BCUT2D eigenvalue weighted by atomic mass is 10.1. The number of Topliss-reactive ketones (excluding diaryl/α,β-unsaturated/α-hetero) is 1. The van der Waals surface area contributed by atoms with Crippen molar-refractivity contribution in [2.45, 2.75) is 13.3 Å². The predicted octanol–water partition coefficient (Wildman–Crippen LogP) is 2.51. The van der Waals surface area contributed by atoms with Crippen LogP contribution in [0.2, 0.25) is 0 Å². The Morgan fingerprint density at radius 2 is 2.08 bits per heavy atom. The van der Waals surface area contributed by atoms with Crippen LogP contribution >= 0.6 is 11.3 Å². The van der Waals surface area contributed by atoms with Gasteiger partial charge in [0.1, 0.15) is 0 Å². The monoisotopic (exact) mass is 376 g/mol. The second kappa shape index (κ2) is 7.57. The average molecular weight is 377 g/mol. The summed E-state index contributed by atoms with van der Waals surface area (Å²) in [4.78, 5) is 26.8. The lowest BCUT2D eigenvalue weighted by Crippen LogP contribution is -2.39. The lowest BCUT2D eigenvalue weighted by molar-refractivity contribution is -0.120.